The summed E-state index contributed by atoms with van der Waals surface area (Å²) in [4.78, 5) is 19.7. The number of nitrogens with zero attached hydrogens (tertiary/aromatic N) is 2. The van der Waals surface area contributed by atoms with E-state index in [2.05, 4.69) is 29.0 Å². The Morgan fingerprint density at radius 1 is 1.32 bits per heavy atom. The van der Waals surface area contributed by atoms with E-state index in [0.29, 0.717) is 29.7 Å². The number of piperidine rings is 1. The minimum Gasteiger partial charge on any atom is -0.496 e. The number of carbonyl (C=O) groups excluding carboxylic acids is 1. The molecule has 5 nitrogen and oxygen atoms in total. The van der Waals surface area contributed by atoms with Gasteiger partial charge in [0.1, 0.15) is 17.3 Å². The predicted molar refractivity (Wildman–Crippen MR) is 120 cm³/mol. The number of benzene rings is 1. The van der Waals surface area contributed by atoms with Crippen LogP contribution in [-0.2, 0) is 6.42 Å². The third kappa shape index (κ3) is 5.00. The van der Waals surface area contributed by atoms with Gasteiger partial charge in [0, 0.05) is 30.5 Å². The highest BCUT2D eigenvalue weighted by atomic mass is 19.1. The molecule has 0 spiro atoms. The first-order chi connectivity index (χ1) is 14.9. The molecule has 1 saturated heterocycles. The summed E-state index contributed by atoms with van der Waals surface area (Å²) in [5.74, 6) is 1.50. The van der Waals surface area contributed by atoms with Crippen molar-refractivity contribution < 1.29 is 13.9 Å². The fourth-order valence-electron chi connectivity index (χ4n) is 4.58. The zero-order chi connectivity index (χ0) is 22.0. The van der Waals surface area contributed by atoms with Crippen molar-refractivity contribution in [3.05, 3.63) is 53.6 Å². The van der Waals surface area contributed by atoms with Crippen LogP contribution < -0.4 is 15.0 Å². The van der Waals surface area contributed by atoms with Crippen molar-refractivity contribution in [2.45, 2.75) is 51.5 Å². The molecule has 1 unspecified atom stereocenters. The highest BCUT2D eigenvalue weighted by Gasteiger charge is 2.45. The second-order valence-electron chi connectivity index (χ2n) is 9.36. The number of aromatic nitrogens is 1. The van der Waals surface area contributed by atoms with Gasteiger partial charge in [0.05, 0.1) is 7.11 Å². The molecule has 0 bridgehead atoms. The van der Waals surface area contributed by atoms with E-state index in [1.54, 1.807) is 19.4 Å². The lowest BCUT2D eigenvalue weighted by atomic mass is 9.88. The first-order valence-corrected chi connectivity index (χ1v) is 11.2. The van der Waals surface area contributed by atoms with Crippen molar-refractivity contribution >= 4 is 11.6 Å². The highest BCUT2D eigenvalue weighted by Crippen LogP contribution is 2.41. The monoisotopic (exact) mass is 425 g/mol. The van der Waals surface area contributed by atoms with Crippen LogP contribution in [0.3, 0.4) is 0 Å². The van der Waals surface area contributed by atoms with Crippen LogP contribution in [0.5, 0.6) is 5.75 Å². The van der Waals surface area contributed by atoms with Crippen LogP contribution in [0.1, 0.15) is 55.6 Å². The van der Waals surface area contributed by atoms with Crippen LogP contribution in [0.4, 0.5) is 10.1 Å². The average molecular weight is 426 g/mol. The van der Waals surface area contributed by atoms with Crippen LogP contribution in [0.25, 0.3) is 0 Å². The fourth-order valence-corrected chi connectivity index (χ4v) is 4.58. The molecule has 0 radical (unpaired) electrons. The average Bonchev–Trinajstić information content (AvgIpc) is 3.52. The van der Waals surface area contributed by atoms with Gasteiger partial charge in [0.25, 0.3) is 5.91 Å². The van der Waals surface area contributed by atoms with Crippen molar-refractivity contribution in [2.75, 3.05) is 25.1 Å². The summed E-state index contributed by atoms with van der Waals surface area (Å²) < 4.78 is 19.1. The summed E-state index contributed by atoms with van der Waals surface area (Å²) in [6, 6.07) is 8.41. The molecule has 6 heteroatoms. The number of methoxy groups -OCH3 is 1. The van der Waals surface area contributed by atoms with Crippen LogP contribution in [0.2, 0.25) is 0 Å². The van der Waals surface area contributed by atoms with Gasteiger partial charge in [0.2, 0.25) is 0 Å². The molecule has 1 aromatic carbocycles. The van der Waals surface area contributed by atoms with Gasteiger partial charge in [-0.1, -0.05) is 13.8 Å². The lowest BCUT2D eigenvalue weighted by Gasteiger charge is -2.36. The largest absolute Gasteiger partial charge is 0.496 e. The number of hydrogen-bond donors (Lipinski definition) is 1. The van der Waals surface area contributed by atoms with Gasteiger partial charge >= 0.3 is 0 Å². The van der Waals surface area contributed by atoms with Gasteiger partial charge in [-0.3, -0.25) is 9.78 Å². The summed E-state index contributed by atoms with van der Waals surface area (Å²) in [6.45, 7) is 6.59. The second kappa shape index (κ2) is 8.85. The van der Waals surface area contributed by atoms with Crippen LogP contribution in [0, 0.1) is 17.7 Å². The Kier molecular flexibility index (Phi) is 6.17. The van der Waals surface area contributed by atoms with Crippen molar-refractivity contribution in [3.8, 4) is 5.75 Å². The molecule has 166 valence electrons. The van der Waals surface area contributed by atoms with Gasteiger partial charge < -0.3 is 15.0 Å². The van der Waals surface area contributed by atoms with Gasteiger partial charge in [0.15, 0.2) is 0 Å². The molecular formula is C25H32FN3O2. The van der Waals surface area contributed by atoms with Crippen LogP contribution in [0.15, 0.2) is 36.5 Å². The van der Waals surface area contributed by atoms with Crippen molar-refractivity contribution in [1.82, 2.24) is 10.3 Å². The van der Waals surface area contributed by atoms with Crippen LogP contribution >= 0.6 is 0 Å². The molecule has 1 aliphatic carbocycles. The molecule has 2 aliphatic rings. The number of hydrogen-bond acceptors (Lipinski definition) is 4. The zero-order valence-electron chi connectivity index (χ0n) is 18.7. The lowest BCUT2D eigenvalue weighted by Crippen LogP contribution is -2.39. The molecule has 1 saturated carbocycles. The molecule has 2 aromatic rings. The molecular weight excluding hydrogens is 393 g/mol. The standard InChI is InChI=1S/C25H32FN3O2/c1-17(2)18-5-4-12-29(16-18)21-8-11-27-22(14-21)24(30)28-25(9-10-25)15-19-13-20(26)6-7-23(19)31-3/h6-8,11,13-14,17-18H,4-5,9-10,12,15-16H2,1-3H3,(H,28,30). The normalized spacial score (nSPS) is 19.9. The topological polar surface area (TPSA) is 54.5 Å². The number of anilines is 1. The maximum atomic E-state index is 13.7. The molecule has 1 atom stereocenters. The summed E-state index contributed by atoms with van der Waals surface area (Å²) in [6.07, 6.45) is 6.42. The zero-order valence-corrected chi connectivity index (χ0v) is 18.7. The van der Waals surface area contributed by atoms with Crippen molar-refractivity contribution in [1.29, 1.82) is 0 Å². The number of nitrogens with one attached hydrogen (secondary N) is 1. The molecule has 1 amide bonds. The summed E-state index contributed by atoms with van der Waals surface area (Å²) >= 11 is 0. The maximum Gasteiger partial charge on any atom is 0.270 e. The van der Waals surface area contributed by atoms with Crippen LogP contribution in [-0.4, -0.2) is 36.6 Å². The maximum absolute atomic E-state index is 13.7. The van der Waals surface area contributed by atoms with E-state index >= 15 is 0 Å². The third-order valence-electron chi connectivity index (χ3n) is 6.75. The van der Waals surface area contributed by atoms with Gasteiger partial charge in [-0.2, -0.15) is 0 Å². The number of carbonyl (C=O) groups is 1. The van der Waals surface area contributed by atoms with E-state index in [9.17, 15) is 9.18 Å². The Labute approximate surface area is 184 Å². The smallest absolute Gasteiger partial charge is 0.270 e. The minimum absolute atomic E-state index is 0.174. The summed E-state index contributed by atoms with van der Waals surface area (Å²) in [5, 5.41) is 3.16. The van der Waals surface area contributed by atoms with E-state index < -0.39 is 0 Å². The quantitative estimate of drug-likeness (QED) is 0.704. The first kappa shape index (κ1) is 21.6. The van der Waals surface area contributed by atoms with E-state index in [1.165, 1.54) is 25.0 Å². The Morgan fingerprint density at radius 3 is 2.84 bits per heavy atom. The fraction of sp³-hybridized carbons (Fsp3) is 0.520. The van der Waals surface area contributed by atoms with Gasteiger partial charge in [-0.05, 0) is 79.8 Å². The number of ether oxygens (including phenoxy) is 1. The predicted octanol–water partition coefficient (Wildman–Crippen LogP) is 4.61. The summed E-state index contributed by atoms with van der Waals surface area (Å²) in [5.41, 5.74) is 1.91. The Balaban J connectivity index is 1.46. The molecule has 2 heterocycles. The van der Waals surface area contributed by atoms with Crippen molar-refractivity contribution in [2.24, 2.45) is 11.8 Å². The third-order valence-corrected chi connectivity index (χ3v) is 6.75. The Bertz CT molecular complexity index is 942. The number of rotatable bonds is 7. The van der Waals surface area contributed by atoms with Crippen molar-refractivity contribution in [3.63, 3.8) is 0 Å². The summed E-state index contributed by atoms with van der Waals surface area (Å²) in [7, 11) is 1.58. The molecule has 1 aromatic heterocycles. The van der Waals surface area contributed by atoms with Gasteiger partial charge in [-0.15, -0.1) is 0 Å². The molecule has 1 aliphatic heterocycles. The lowest BCUT2D eigenvalue weighted by molar-refractivity contribution is 0.0926. The first-order valence-electron chi connectivity index (χ1n) is 11.2. The SMILES string of the molecule is COc1ccc(F)cc1CC1(NC(=O)c2cc(N3CCCC(C(C)C)C3)ccn2)CC1. The van der Waals surface area contributed by atoms with E-state index in [1.807, 2.05) is 12.1 Å². The van der Waals surface area contributed by atoms with E-state index in [-0.39, 0.29) is 17.3 Å². The molecule has 1 N–H and O–H groups in total. The minimum atomic E-state index is -0.357. The molecule has 2 fully saturated rings. The Hall–Kier alpha value is -2.63. The second-order valence-corrected chi connectivity index (χ2v) is 9.36. The molecule has 4 rings (SSSR count). The number of pyridine rings is 1. The van der Waals surface area contributed by atoms with E-state index in [0.717, 1.165) is 37.2 Å². The number of halogens is 1. The molecule has 31 heavy (non-hydrogen) atoms. The number of amides is 1. The van der Waals surface area contributed by atoms with Gasteiger partial charge in [-0.25, -0.2) is 4.39 Å². The van der Waals surface area contributed by atoms with E-state index in [4.69, 9.17) is 4.74 Å². The Morgan fingerprint density at radius 2 is 2.13 bits per heavy atom. The highest BCUT2D eigenvalue weighted by molar-refractivity contribution is 5.94.